The Kier molecular flexibility index (Phi) is 4.70. The molecule has 2 atom stereocenters. The second-order valence-corrected chi connectivity index (χ2v) is 3.87. The molecule has 1 aliphatic heterocycles. The number of hydrogen-bond donors (Lipinski definition) is 1. The molecule has 0 amide bonds. The number of nitrogens with zero attached hydrogens (tertiary/aromatic N) is 1. The van der Waals surface area contributed by atoms with Crippen LogP contribution in [0.15, 0.2) is 0 Å². The first-order chi connectivity index (χ1) is 6.29. The van der Waals surface area contributed by atoms with Gasteiger partial charge in [-0.2, -0.15) is 0 Å². The maximum Gasteiger partial charge on any atom is 0.0615 e. The van der Waals surface area contributed by atoms with Gasteiger partial charge >= 0.3 is 0 Å². The van der Waals surface area contributed by atoms with E-state index in [1.165, 1.54) is 12.8 Å². The Balaban J connectivity index is 2.43. The Hall–Kier alpha value is -0.120. The van der Waals surface area contributed by atoms with Gasteiger partial charge in [-0.3, -0.25) is 4.90 Å². The van der Waals surface area contributed by atoms with Crippen molar-refractivity contribution in [1.29, 1.82) is 0 Å². The molecule has 3 heteroatoms. The van der Waals surface area contributed by atoms with Gasteiger partial charge in [0.2, 0.25) is 0 Å². The number of likely N-dealkylation sites (tertiary alicyclic amines) is 1. The molecule has 78 valence electrons. The van der Waals surface area contributed by atoms with Gasteiger partial charge in [-0.05, 0) is 26.3 Å². The largest absolute Gasteiger partial charge is 0.395 e. The van der Waals surface area contributed by atoms with Crippen LogP contribution >= 0.6 is 0 Å². The van der Waals surface area contributed by atoms with E-state index >= 15 is 0 Å². The summed E-state index contributed by atoms with van der Waals surface area (Å²) in [6, 6.07) is 0.793. The van der Waals surface area contributed by atoms with Gasteiger partial charge < -0.3 is 9.84 Å². The van der Waals surface area contributed by atoms with Crippen molar-refractivity contribution in [3.8, 4) is 0 Å². The van der Waals surface area contributed by atoms with E-state index in [2.05, 4.69) is 11.8 Å². The van der Waals surface area contributed by atoms with Crippen molar-refractivity contribution in [2.45, 2.75) is 38.3 Å². The summed E-state index contributed by atoms with van der Waals surface area (Å²) in [5.41, 5.74) is 0. The molecule has 13 heavy (non-hydrogen) atoms. The zero-order valence-electron chi connectivity index (χ0n) is 8.70. The standard InChI is InChI=1S/C10H21NO2/c1-9(8-13-2)11-6-4-3-5-10(11)7-12/h9-10,12H,3-8H2,1-2H3. The summed E-state index contributed by atoms with van der Waals surface area (Å²) in [4.78, 5) is 2.37. The molecular weight excluding hydrogens is 166 g/mol. The average molecular weight is 187 g/mol. The van der Waals surface area contributed by atoms with E-state index in [4.69, 9.17) is 4.74 Å². The molecule has 0 bridgehead atoms. The van der Waals surface area contributed by atoms with E-state index in [0.717, 1.165) is 19.6 Å². The van der Waals surface area contributed by atoms with Gasteiger partial charge in [0.25, 0.3) is 0 Å². The minimum Gasteiger partial charge on any atom is -0.395 e. The SMILES string of the molecule is COCC(C)N1CCCCC1CO. The smallest absolute Gasteiger partial charge is 0.0615 e. The molecule has 0 aromatic carbocycles. The number of rotatable bonds is 4. The second kappa shape index (κ2) is 5.58. The molecule has 0 aromatic rings. The van der Waals surface area contributed by atoms with Crippen LogP contribution in [0.25, 0.3) is 0 Å². The van der Waals surface area contributed by atoms with E-state index in [1.54, 1.807) is 7.11 Å². The fraction of sp³-hybridized carbons (Fsp3) is 1.00. The maximum atomic E-state index is 9.20. The van der Waals surface area contributed by atoms with Crippen LogP contribution in [-0.2, 0) is 4.74 Å². The fourth-order valence-corrected chi connectivity index (χ4v) is 2.14. The third-order valence-corrected chi connectivity index (χ3v) is 2.86. The Morgan fingerprint density at radius 2 is 2.31 bits per heavy atom. The normalized spacial score (nSPS) is 27.5. The van der Waals surface area contributed by atoms with Gasteiger partial charge in [-0.1, -0.05) is 6.42 Å². The van der Waals surface area contributed by atoms with Gasteiger partial charge in [0, 0.05) is 19.2 Å². The number of ether oxygens (including phenoxy) is 1. The maximum absolute atomic E-state index is 9.20. The molecule has 1 rings (SSSR count). The summed E-state index contributed by atoms with van der Waals surface area (Å²) in [6.45, 7) is 4.32. The van der Waals surface area contributed by atoms with Crippen LogP contribution in [0.5, 0.6) is 0 Å². The van der Waals surface area contributed by atoms with E-state index < -0.39 is 0 Å². The molecule has 1 saturated heterocycles. The number of aliphatic hydroxyl groups is 1. The highest BCUT2D eigenvalue weighted by molar-refractivity contribution is 4.80. The van der Waals surface area contributed by atoms with Crippen LogP contribution in [0.2, 0.25) is 0 Å². The summed E-state index contributed by atoms with van der Waals surface area (Å²) < 4.78 is 5.13. The van der Waals surface area contributed by atoms with Crippen molar-refractivity contribution < 1.29 is 9.84 Å². The predicted octanol–water partition coefficient (Wildman–Crippen LogP) is 0.868. The summed E-state index contributed by atoms with van der Waals surface area (Å²) in [5.74, 6) is 0. The zero-order chi connectivity index (χ0) is 9.68. The molecule has 1 aliphatic rings. The molecule has 0 saturated carbocycles. The van der Waals surface area contributed by atoms with E-state index in [1.807, 2.05) is 0 Å². The molecule has 0 aromatic heterocycles. The number of aliphatic hydroxyl groups excluding tert-OH is 1. The molecule has 1 heterocycles. The molecule has 1 fully saturated rings. The van der Waals surface area contributed by atoms with Crippen LogP contribution in [0.3, 0.4) is 0 Å². The van der Waals surface area contributed by atoms with E-state index in [9.17, 15) is 5.11 Å². The highest BCUT2D eigenvalue weighted by Crippen LogP contribution is 2.19. The van der Waals surface area contributed by atoms with Crippen LogP contribution in [-0.4, -0.2) is 49.0 Å². The lowest BCUT2D eigenvalue weighted by Crippen LogP contribution is -2.48. The molecule has 0 spiro atoms. The lowest BCUT2D eigenvalue weighted by Gasteiger charge is -2.38. The monoisotopic (exact) mass is 187 g/mol. The van der Waals surface area contributed by atoms with Gasteiger partial charge in [0.1, 0.15) is 0 Å². The Morgan fingerprint density at radius 1 is 1.54 bits per heavy atom. The van der Waals surface area contributed by atoms with E-state index in [-0.39, 0.29) is 6.61 Å². The number of hydrogen-bond acceptors (Lipinski definition) is 3. The summed E-state index contributed by atoms with van der Waals surface area (Å²) in [6.07, 6.45) is 3.64. The summed E-state index contributed by atoms with van der Waals surface area (Å²) in [7, 11) is 1.73. The minimum atomic E-state index is 0.286. The zero-order valence-corrected chi connectivity index (χ0v) is 8.70. The first-order valence-electron chi connectivity index (χ1n) is 5.15. The Labute approximate surface area is 80.7 Å². The first kappa shape index (κ1) is 11.0. The molecule has 0 radical (unpaired) electrons. The lowest BCUT2D eigenvalue weighted by atomic mass is 10.0. The topological polar surface area (TPSA) is 32.7 Å². The van der Waals surface area contributed by atoms with Crippen LogP contribution in [0.4, 0.5) is 0 Å². The van der Waals surface area contributed by atoms with Crippen LogP contribution in [0, 0.1) is 0 Å². The molecule has 0 aliphatic carbocycles. The summed E-state index contributed by atoms with van der Waals surface area (Å²) in [5, 5.41) is 9.20. The van der Waals surface area contributed by atoms with Crippen molar-refractivity contribution in [2.75, 3.05) is 26.9 Å². The van der Waals surface area contributed by atoms with Crippen LogP contribution < -0.4 is 0 Å². The highest BCUT2D eigenvalue weighted by Gasteiger charge is 2.25. The van der Waals surface area contributed by atoms with Crippen molar-refractivity contribution in [1.82, 2.24) is 4.90 Å². The quantitative estimate of drug-likeness (QED) is 0.709. The lowest BCUT2D eigenvalue weighted by molar-refractivity contribution is 0.0245. The molecular formula is C10H21NO2. The van der Waals surface area contributed by atoms with Gasteiger partial charge in [0.15, 0.2) is 0 Å². The van der Waals surface area contributed by atoms with Crippen molar-refractivity contribution in [2.24, 2.45) is 0 Å². The number of methoxy groups -OCH3 is 1. The summed E-state index contributed by atoms with van der Waals surface area (Å²) >= 11 is 0. The third kappa shape index (κ3) is 2.93. The fourth-order valence-electron chi connectivity index (χ4n) is 2.14. The van der Waals surface area contributed by atoms with Crippen LogP contribution in [0.1, 0.15) is 26.2 Å². The Morgan fingerprint density at radius 3 is 2.92 bits per heavy atom. The predicted molar refractivity (Wildman–Crippen MR) is 52.8 cm³/mol. The molecule has 2 unspecified atom stereocenters. The van der Waals surface area contributed by atoms with Gasteiger partial charge in [-0.15, -0.1) is 0 Å². The second-order valence-electron chi connectivity index (χ2n) is 3.87. The molecule has 1 N–H and O–H groups in total. The van der Waals surface area contributed by atoms with Crippen molar-refractivity contribution in [3.63, 3.8) is 0 Å². The van der Waals surface area contributed by atoms with Gasteiger partial charge in [-0.25, -0.2) is 0 Å². The third-order valence-electron chi connectivity index (χ3n) is 2.86. The number of piperidine rings is 1. The highest BCUT2D eigenvalue weighted by atomic mass is 16.5. The molecule has 3 nitrogen and oxygen atoms in total. The minimum absolute atomic E-state index is 0.286. The first-order valence-corrected chi connectivity index (χ1v) is 5.15. The van der Waals surface area contributed by atoms with Gasteiger partial charge in [0.05, 0.1) is 13.2 Å². The average Bonchev–Trinajstić information content (AvgIpc) is 2.18. The van der Waals surface area contributed by atoms with E-state index in [0.29, 0.717) is 12.1 Å². The Bertz CT molecular complexity index is 141. The van der Waals surface area contributed by atoms with Crippen molar-refractivity contribution in [3.05, 3.63) is 0 Å². The van der Waals surface area contributed by atoms with Crippen molar-refractivity contribution >= 4 is 0 Å².